The number of anilines is 2. The van der Waals surface area contributed by atoms with Crippen molar-refractivity contribution in [3.8, 4) is 5.75 Å². The van der Waals surface area contributed by atoms with E-state index in [9.17, 15) is 14.0 Å². The number of aryl methyl sites for hydroxylation is 1. The Kier molecular flexibility index (Phi) is 5.93. The molecule has 3 aromatic rings. The molecule has 1 aromatic heterocycles. The monoisotopic (exact) mass is 432 g/mol. The van der Waals surface area contributed by atoms with Crippen LogP contribution in [-0.4, -0.2) is 36.2 Å². The first-order valence-electron chi connectivity index (χ1n) is 9.98. The van der Waals surface area contributed by atoms with Crippen molar-refractivity contribution >= 4 is 34.7 Å². The second-order valence-electron chi connectivity index (χ2n) is 7.30. The first-order valence-corrected chi connectivity index (χ1v) is 9.98. The maximum Gasteiger partial charge on any atom is 0.244 e. The Bertz CT molecular complexity index is 1210. The predicted molar refractivity (Wildman–Crippen MR) is 120 cm³/mol. The normalized spacial score (nSPS) is 13.2. The molecule has 4 rings (SSSR count). The maximum absolute atomic E-state index is 13.6. The number of rotatable bonds is 5. The number of aliphatic imine (C=N–C) groups is 1. The summed E-state index contributed by atoms with van der Waals surface area (Å²) in [5.41, 5.74) is 2.89. The molecule has 2 heterocycles. The lowest BCUT2D eigenvalue weighted by molar-refractivity contribution is -0.120. The molecule has 32 heavy (non-hydrogen) atoms. The van der Waals surface area contributed by atoms with Crippen LogP contribution in [0.2, 0.25) is 0 Å². The van der Waals surface area contributed by atoms with Gasteiger partial charge in [-0.1, -0.05) is 6.07 Å². The van der Waals surface area contributed by atoms with Gasteiger partial charge in [0.1, 0.15) is 23.8 Å². The molecule has 1 aliphatic rings. The zero-order valence-corrected chi connectivity index (χ0v) is 17.6. The number of nitrogens with zero attached hydrogens (tertiary/aromatic N) is 3. The van der Waals surface area contributed by atoms with Gasteiger partial charge in [-0.25, -0.2) is 14.4 Å². The molecular formula is C24H21FN4O3. The van der Waals surface area contributed by atoms with Crippen LogP contribution in [0.25, 0.3) is 0 Å². The van der Waals surface area contributed by atoms with E-state index >= 15 is 0 Å². The summed E-state index contributed by atoms with van der Waals surface area (Å²) in [5.74, 6) is -0.240. The lowest BCUT2D eigenvalue weighted by atomic mass is 10.1. The number of benzene rings is 2. The highest BCUT2D eigenvalue weighted by molar-refractivity contribution is 6.18. The number of pyridine rings is 1. The average molecular weight is 432 g/mol. The molecule has 1 N–H and O–H groups in total. The number of carbonyl (C=O) groups is 2. The van der Waals surface area contributed by atoms with E-state index in [1.807, 2.05) is 12.1 Å². The summed E-state index contributed by atoms with van der Waals surface area (Å²) in [5, 5.41) is 2.67. The van der Waals surface area contributed by atoms with Gasteiger partial charge >= 0.3 is 0 Å². The van der Waals surface area contributed by atoms with Gasteiger partial charge in [-0.2, -0.15) is 0 Å². The first kappa shape index (κ1) is 21.2. The minimum absolute atomic E-state index is 0.00500. The fourth-order valence-electron chi connectivity index (χ4n) is 3.40. The van der Waals surface area contributed by atoms with Crippen molar-refractivity contribution in [1.29, 1.82) is 0 Å². The number of halogens is 1. The van der Waals surface area contributed by atoms with E-state index in [1.54, 1.807) is 50.6 Å². The molecule has 2 amide bonds. The van der Waals surface area contributed by atoms with Crippen LogP contribution in [0, 0.1) is 12.7 Å². The van der Waals surface area contributed by atoms with Crippen LogP contribution in [0.15, 0.2) is 65.8 Å². The molecular weight excluding hydrogens is 411 g/mol. The number of aromatic nitrogens is 1. The van der Waals surface area contributed by atoms with Crippen LogP contribution in [0.5, 0.6) is 5.75 Å². The first-order chi connectivity index (χ1) is 15.4. The Balaban J connectivity index is 1.60. The number of amides is 2. The number of fused-ring (bicyclic) bond motifs is 1. The Labute approximate surface area is 184 Å². The molecule has 0 saturated heterocycles. The molecule has 0 fully saturated rings. The molecule has 2 aromatic carbocycles. The number of hydrogen-bond donors (Lipinski definition) is 1. The van der Waals surface area contributed by atoms with Gasteiger partial charge < -0.3 is 10.1 Å². The van der Waals surface area contributed by atoms with Gasteiger partial charge in [-0.3, -0.25) is 14.5 Å². The summed E-state index contributed by atoms with van der Waals surface area (Å²) in [6.45, 7) is 1.49. The van der Waals surface area contributed by atoms with Crippen LogP contribution >= 0.6 is 0 Å². The third-order valence-electron chi connectivity index (χ3n) is 5.10. The van der Waals surface area contributed by atoms with Crippen LogP contribution in [-0.2, 0) is 9.59 Å². The fourth-order valence-corrected chi connectivity index (χ4v) is 3.40. The Morgan fingerprint density at radius 3 is 2.72 bits per heavy atom. The van der Waals surface area contributed by atoms with Gasteiger partial charge in [-0.15, -0.1) is 0 Å². The van der Waals surface area contributed by atoms with Gasteiger partial charge in [0.25, 0.3) is 0 Å². The molecule has 8 heteroatoms. The molecule has 0 bridgehead atoms. The molecule has 0 radical (unpaired) electrons. The minimum atomic E-state index is -0.462. The Hall–Kier alpha value is -4.07. The van der Waals surface area contributed by atoms with Gasteiger partial charge in [0.2, 0.25) is 11.8 Å². The largest absolute Gasteiger partial charge is 0.497 e. The van der Waals surface area contributed by atoms with E-state index in [4.69, 9.17) is 4.74 Å². The standard InChI is InChI=1S/C24H21FN4O3/c1-15-5-8-17(25)12-20(15)28-22(30)14-29-23(31)13-21(16-6-9-18(32-2)10-7-16)27-19-4-3-11-26-24(19)29/h3-12H,13-14H2,1-2H3,(H,28,30). The van der Waals surface area contributed by atoms with E-state index in [0.29, 0.717) is 34.2 Å². The molecule has 0 unspecified atom stereocenters. The van der Waals surface area contributed by atoms with Crippen molar-refractivity contribution in [1.82, 2.24) is 4.98 Å². The van der Waals surface area contributed by atoms with Gasteiger partial charge in [-0.05, 0) is 66.6 Å². The molecule has 0 spiro atoms. The van der Waals surface area contributed by atoms with Crippen molar-refractivity contribution in [2.24, 2.45) is 4.99 Å². The third kappa shape index (κ3) is 4.49. The summed E-state index contributed by atoms with van der Waals surface area (Å²) in [6, 6.07) is 14.9. The van der Waals surface area contributed by atoms with E-state index in [-0.39, 0.29) is 18.9 Å². The third-order valence-corrected chi connectivity index (χ3v) is 5.10. The molecule has 0 atom stereocenters. The zero-order valence-electron chi connectivity index (χ0n) is 17.6. The van der Waals surface area contributed by atoms with Gasteiger partial charge in [0.05, 0.1) is 19.2 Å². The molecule has 7 nitrogen and oxygen atoms in total. The van der Waals surface area contributed by atoms with Crippen molar-refractivity contribution in [3.05, 3.63) is 77.7 Å². The van der Waals surface area contributed by atoms with E-state index in [2.05, 4.69) is 15.3 Å². The summed E-state index contributed by atoms with van der Waals surface area (Å²) in [7, 11) is 1.58. The molecule has 0 saturated carbocycles. The van der Waals surface area contributed by atoms with Crippen LogP contribution < -0.4 is 15.0 Å². The quantitative estimate of drug-likeness (QED) is 0.660. The second-order valence-corrected chi connectivity index (χ2v) is 7.30. The highest BCUT2D eigenvalue weighted by Crippen LogP contribution is 2.31. The van der Waals surface area contributed by atoms with Gasteiger partial charge in [0, 0.05) is 11.9 Å². The smallest absolute Gasteiger partial charge is 0.244 e. The molecule has 162 valence electrons. The maximum atomic E-state index is 13.6. The van der Waals surface area contributed by atoms with Crippen LogP contribution in [0.1, 0.15) is 17.5 Å². The SMILES string of the molecule is COc1ccc(C2=Nc3cccnc3N(CC(=O)Nc3cc(F)ccc3C)C(=O)C2)cc1. The van der Waals surface area contributed by atoms with E-state index in [0.717, 1.165) is 5.56 Å². The lowest BCUT2D eigenvalue weighted by Gasteiger charge is -2.21. The van der Waals surface area contributed by atoms with Crippen molar-refractivity contribution in [3.63, 3.8) is 0 Å². The predicted octanol–water partition coefficient (Wildman–Crippen LogP) is 4.03. The number of ether oxygens (including phenoxy) is 1. The number of nitrogens with one attached hydrogen (secondary N) is 1. The topological polar surface area (TPSA) is 83.9 Å². The number of carbonyl (C=O) groups excluding carboxylic acids is 2. The lowest BCUT2D eigenvalue weighted by Crippen LogP contribution is -2.39. The Morgan fingerprint density at radius 2 is 1.97 bits per heavy atom. The summed E-state index contributed by atoms with van der Waals surface area (Å²) < 4.78 is 18.8. The number of methoxy groups -OCH3 is 1. The summed E-state index contributed by atoms with van der Waals surface area (Å²) >= 11 is 0. The Morgan fingerprint density at radius 1 is 1.19 bits per heavy atom. The van der Waals surface area contributed by atoms with Crippen molar-refractivity contribution in [2.45, 2.75) is 13.3 Å². The fraction of sp³-hybridized carbons (Fsp3) is 0.167. The average Bonchev–Trinajstić information content (AvgIpc) is 2.93. The minimum Gasteiger partial charge on any atom is -0.497 e. The number of hydrogen-bond acceptors (Lipinski definition) is 5. The van der Waals surface area contributed by atoms with Crippen molar-refractivity contribution in [2.75, 3.05) is 23.9 Å². The highest BCUT2D eigenvalue weighted by Gasteiger charge is 2.28. The second kappa shape index (κ2) is 8.97. The van der Waals surface area contributed by atoms with Gasteiger partial charge in [0.15, 0.2) is 5.82 Å². The zero-order chi connectivity index (χ0) is 22.7. The molecule has 0 aliphatic carbocycles. The van der Waals surface area contributed by atoms with E-state index < -0.39 is 11.7 Å². The highest BCUT2D eigenvalue weighted by atomic mass is 19.1. The van der Waals surface area contributed by atoms with E-state index in [1.165, 1.54) is 17.0 Å². The van der Waals surface area contributed by atoms with Crippen LogP contribution in [0.4, 0.5) is 21.6 Å². The van der Waals surface area contributed by atoms with Crippen LogP contribution in [0.3, 0.4) is 0 Å². The molecule has 1 aliphatic heterocycles. The summed E-state index contributed by atoms with van der Waals surface area (Å²) in [4.78, 5) is 36.1. The summed E-state index contributed by atoms with van der Waals surface area (Å²) in [6.07, 6.45) is 1.54. The van der Waals surface area contributed by atoms with Crippen molar-refractivity contribution < 1.29 is 18.7 Å².